The molecule has 1 rings (SSSR count). The Morgan fingerprint density at radius 3 is 1.52 bits per heavy atom. The van der Waals surface area contributed by atoms with Crippen molar-refractivity contribution in [2.24, 2.45) is 0 Å². The lowest BCUT2D eigenvalue weighted by atomic mass is 10.1. The molecule has 5 heteroatoms. The lowest BCUT2D eigenvalue weighted by Crippen LogP contribution is -2.15. The summed E-state index contributed by atoms with van der Waals surface area (Å²) in [7, 11) is 0. The zero-order valence-corrected chi connectivity index (χ0v) is 13.5. The van der Waals surface area contributed by atoms with Gasteiger partial charge in [-0.05, 0) is 53.7 Å². The van der Waals surface area contributed by atoms with Crippen molar-refractivity contribution in [1.29, 1.82) is 0 Å². The average molecular weight is 296 g/mol. The van der Waals surface area contributed by atoms with Crippen molar-refractivity contribution in [3.05, 3.63) is 17.7 Å². The van der Waals surface area contributed by atoms with E-state index >= 15 is 0 Å². The topological polar surface area (TPSA) is 65.0 Å². The molecule has 1 aromatic rings. The number of hydrogen-bond donors (Lipinski definition) is 1. The minimum Gasteiger partial charge on any atom is -0.487 e. The molecule has 0 aliphatic heterocycles. The lowest BCUT2D eigenvalue weighted by molar-refractivity contribution is 0.0694. The first-order valence-electron chi connectivity index (χ1n) is 7.12. The van der Waals surface area contributed by atoms with Gasteiger partial charge in [0.05, 0.1) is 23.9 Å². The molecule has 118 valence electrons. The largest absolute Gasteiger partial charge is 0.487 e. The molecule has 0 aromatic heterocycles. The third-order valence-corrected chi connectivity index (χ3v) is 2.35. The van der Waals surface area contributed by atoms with Crippen LogP contribution in [0.15, 0.2) is 12.1 Å². The molecule has 0 saturated carbocycles. The van der Waals surface area contributed by atoms with Gasteiger partial charge < -0.3 is 19.3 Å². The summed E-state index contributed by atoms with van der Waals surface area (Å²) in [5.74, 6) is 0.175. The summed E-state index contributed by atoms with van der Waals surface area (Å²) in [4.78, 5) is 11.3. The van der Waals surface area contributed by atoms with E-state index in [-0.39, 0.29) is 23.9 Å². The summed E-state index contributed by atoms with van der Waals surface area (Å²) >= 11 is 0. The van der Waals surface area contributed by atoms with Crippen LogP contribution >= 0.6 is 0 Å². The number of ether oxygens (including phenoxy) is 3. The Kier molecular flexibility index (Phi) is 5.88. The predicted octanol–water partition coefficient (Wildman–Crippen LogP) is 3.75. The van der Waals surface area contributed by atoms with Gasteiger partial charge in [-0.2, -0.15) is 0 Å². The number of carboxylic acids is 1. The van der Waals surface area contributed by atoms with Gasteiger partial charge in [0.1, 0.15) is 0 Å². The Labute approximate surface area is 125 Å². The highest BCUT2D eigenvalue weighted by Crippen LogP contribution is 2.40. The van der Waals surface area contributed by atoms with Gasteiger partial charge in [0.2, 0.25) is 5.75 Å². The van der Waals surface area contributed by atoms with Crippen LogP contribution in [0.3, 0.4) is 0 Å². The van der Waals surface area contributed by atoms with Crippen LogP contribution in [0.4, 0.5) is 0 Å². The van der Waals surface area contributed by atoms with Crippen LogP contribution in [0.2, 0.25) is 0 Å². The van der Waals surface area contributed by atoms with E-state index in [9.17, 15) is 9.90 Å². The predicted molar refractivity (Wildman–Crippen MR) is 80.7 cm³/mol. The smallest absolute Gasteiger partial charge is 0.335 e. The maximum atomic E-state index is 11.3. The molecule has 0 fully saturated rings. The number of benzene rings is 1. The van der Waals surface area contributed by atoms with Gasteiger partial charge in [0.25, 0.3) is 0 Å². The summed E-state index contributed by atoms with van der Waals surface area (Å²) in [5.41, 5.74) is 0.109. The molecule has 21 heavy (non-hydrogen) atoms. The molecule has 0 radical (unpaired) electrons. The summed E-state index contributed by atoms with van der Waals surface area (Å²) < 4.78 is 17.2. The van der Waals surface area contributed by atoms with E-state index in [0.29, 0.717) is 17.2 Å². The van der Waals surface area contributed by atoms with Gasteiger partial charge in [-0.1, -0.05) is 0 Å². The van der Waals surface area contributed by atoms with Gasteiger partial charge in [-0.15, -0.1) is 0 Å². The first-order chi connectivity index (χ1) is 9.70. The standard InChI is InChI=1S/C16H24O5/c1-9(2)19-13-7-12(16(17)18)8-14(20-10(3)4)15(13)21-11(5)6/h7-11H,1-6H3,(H,17,18). The molecule has 0 saturated heterocycles. The molecule has 0 atom stereocenters. The minimum absolute atomic E-state index is 0.0790. The molecule has 0 heterocycles. The second-order valence-corrected chi connectivity index (χ2v) is 5.61. The molecule has 0 spiro atoms. The molecule has 0 unspecified atom stereocenters. The highest BCUT2D eigenvalue weighted by Gasteiger charge is 2.20. The second kappa shape index (κ2) is 7.20. The van der Waals surface area contributed by atoms with Crippen molar-refractivity contribution in [3.8, 4) is 17.2 Å². The summed E-state index contributed by atoms with van der Waals surface area (Å²) in [6.07, 6.45) is -0.282. The van der Waals surface area contributed by atoms with Gasteiger partial charge in [0.15, 0.2) is 11.5 Å². The number of carbonyl (C=O) groups is 1. The van der Waals surface area contributed by atoms with Crippen molar-refractivity contribution in [2.45, 2.75) is 59.9 Å². The van der Waals surface area contributed by atoms with Crippen molar-refractivity contribution in [3.63, 3.8) is 0 Å². The Morgan fingerprint density at radius 2 is 1.24 bits per heavy atom. The van der Waals surface area contributed by atoms with Crippen LogP contribution in [0.5, 0.6) is 17.2 Å². The number of rotatable bonds is 7. The normalized spacial score (nSPS) is 11.1. The Balaban J connectivity index is 3.39. The Morgan fingerprint density at radius 1 is 0.857 bits per heavy atom. The number of carboxylic acid groups (broad SMARTS) is 1. The quantitative estimate of drug-likeness (QED) is 0.830. The highest BCUT2D eigenvalue weighted by molar-refractivity contribution is 5.89. The Bertz CT molecular complexity index is 460. The Hall–Kier alpha value is -1.91. The lowest BCUT2D eigenvalue weighted by Gasteiger charge is -2.21. The summed E-state index contributed by atoms with van der Waals surface area (Å²) in [5, 5.41) is 9.22. The molecule has 0 amide bonds. The SMILES string of the molecule is CC(C)Oc1cc(C(=O)O)cc(OC(C)C)c1OC(C)C. The summed E-state index contributed by atoms with van der Waals surface area (Å²) in [6, 6.07) is 2.93. The van der Waals surface area contributed by atoms with E-state index in [0.717, 1.165) is 0 Å². The molecule has 0 bridgehead atoms. The maximum Gasteiger partial charge on any atom is 0.335 e. The van der Waals surface area contributed by atoms with Crippen molar-refractivity contribution < 1.29 is 24.1 Å². The van der Waals surface area contributed by atoms with Gasteiger partial charge in [-0.25, -0.2) is 4.79 Å². The maximum absolute atomic E-state index is 11.3. The van der Waals surface area contributed by atoms with Crippen LogP contribution in [-0.2, 0) is 0 Å². The van der Waals surface area contributed by atoms with Crippen LogP contribution < -0.4 is 14.2 Å². The van der Waals surface area contributed by atoms with Gasteiger partial charge in [-0.3, -0.25) is 0 Å². The van der Waals surface area contributed by atoms with Crippen molar-refractivity contribution in [1.82, 2.24) is 0 Å². The minimum atomic E-state index is -1.03. The van der Waals surface area contributed by atoms with E-state index < -0.39 is 5.97 Å². The second-order valence-electron chi connectivity index (χ2n) is 5.61. The molecule has 0 aliphatic rings. The zero-order chi connectivity index (χ0) is 16.2. The van der Waals surface area contributed by atoms with Crippen molar-refractivity contribution in [2.75, 3.05) is 0 Å². The van der Waals surface area contributed by atoms with Crippen molar-refractivity contribution >= 4 is 5.97 Å². The van der Waals surface area contributed by atoms with E-state index in [1.54, 1.807) is 0 Å². The van der Waals surface area contributed by atoms with E-state index in [1.807, 2.05) is 41.5 Å². The van der Waals surface area contributed by atoms with Gasteiger partial charge >= 0.3 is 5.97 Å². The first kappa shape index (κ1) is 17.1. The van der Waals surface area contributed by atoms with Gasteiger partial charge in [0, 0.05) is 0 Å². The molecular weight excluding hydrogens is 272 g/mol. The third-order valence-electron chi connectivity index (χ3n) is 2.35. The van der Waals surface area contributed by atoms with E-state index in [1.165, 1.54) is 12.1 Å². The fourth-order valence-corrected chi connectivity index (χ4v) is 1.73. The molecule has 1 aromatic carbocycles. The fraction of sp³-hybridized carbons (Fsp3) is 0.562. The van der Waals surface area contributed by atoms with E-state index in [4.69, 9.17) is 14.2 Å². The van der Waals surface area contributed by atoms with E-state index in [2.05, 4.69) is 0 Å². The average Bonchev–Trinajstić information content (AvgIpc) is 2.30. The number of aromatic carboxylic acids is 1. The number of hydrogen-bond acceptors (Lipinski definition) is 4. The monoisotopic (exact) mass is 296 g/mol. The molecule has 0 aliphatic carbocycles. The van der Waals surface area contributed by atoms with Crippen LogP contribution in [0.25, 0.3) is 0 Å². The molecule has 5 nitrogen and oxygen atoms in total. The summed E-state index contributed by atoms with van der Waals surface area (Å²) in [6.45, 7) is 11.3. The zero-order valence-electron chi connectivity index (χ0n) is 13.5. The third kappa shape index (κ3) is 5.17. The van der Waals surface area contributed by atoms with Crippen LogP contribution in [-0.4, -0.2) is 29.4 Å². The fourth-order valence-electron chi connectivity index (χ4n) is 1.73. The molecule has 1 N–H and O–H groups in total. The first-order valence-corrected chi connectivity index (χ1v) is 7.12. The van der Waals surface area contributed by atoms with Crippen LogP contribution in [0.1, 0.15) is 51.9 Å². The van der Waals surface area contributed by atoms with Crippen LogP contribution in [0, 0.1) is 0 Å². The molecular formula is C16H24O5. The highest BCUT2D eigenvalue weighted by atomic mass is 16.6.